The lowest BCUT2D eigenvalue weighted by Crippen LogP contribution is -2.10. The standard InChI is InChI=1S/C14H14ClFN6O/c1-23-6-5-17-13-12-14(19-8-18-13)22(21-20-12)7-9-10(15)3-2-4-11(9)16/h2-4,8H,5-7H2,1H3,(H,17,18,19). The molecule has 7 nitrogen and oxygen atoms in total. The largest absolute Gasteiger partial charge is 0.383 e. The van der Waals surface area contributed by atoms with Crippen molar-refractivity contribution in [1.29, 1.82) is 0 Å². The highest BCUT2D eigenvalue weighted by Crippen LogP contribution is 2.22. The molecule has 0 aliphatic heterocycles. The van der Waals surface area contributed by atoms with Crippen molar-refractivity contribution in [1.82, 2.24) is 25.0 Å². The Labute approximate surface area is 136 Å². The molecule has 120 valence electrons. The van der Waals surface area contributed by atoms with Crippen molar-refractivity contribution in [2.45, 2.75) is 6.54 Å². The fraction of sp³-hybridized carbons (Fsp3) is 0.286. The van der Waals surface area contributed by atoms with E-state index in [0.717, 1.165) is 0 Å². The second-order valence-corrected chi connectivity index (χ2v) is 5.17. The molecule has 0 saturated heterocycles. The van der Waals surface area contributed by atoms with Gasteiger partial charge in [0.05, 0.1) is 13.2 Å². The maximum Gasteiger partial charge on any atom is 0.184 e. The Morgan fingerprint density at radius 1 is 1.35 bits per heavy atom. The van der Waals surface area contributed by atoms with Gasteiger partial charge in [0.2, 0.25) is 0 Å². The summed E-state index contributed by atoms with van der Waals surface area (Å²) in [7, 11) is 1.62. The van der Waals surface area contributed by atoms with Crippen molar-refractivity contribution in [3.8, 4) is 0 Å². The van der Waals surface area contributed by atoms with Gasteiger partial charge in [0.1, 0.15) is 12.1 Å². The molecule has 0 spiro atoms. The van der Waals surface area contributed by atoms with Gasteiger partial charge in [-0.2, -0.15) is 0 Å². The van der Waals surface area contributed by atoms with Gasteiger partial charge in [0.15, 0.2) is 17.0 Å². The van der Waals surface area contributed by atoms with Crippen molar-refractivity contribution in [3.63, 3.8) is 0 Å². The first-order valence-corrected chi connectivity index (χ1v) is 7.28. The number of hydrogen-bond donors (Lipinski definition) is 1. The molecule has 2 aromatic heterocycles. The number of rotatable bonds is 6. The van der Waals surface area contributed by atoms with Crippen LogP contribution in [0.3, 0.4) is 0 Å². The number of benzene rings is 1. The Kier molecular flexibility index (Phi) is 4.63. The Morgan fingerprint density at radius 3 is 3.00 bits per heavy atom. The molecule has 23 heavy (non-hydrogen) atoms. The second kappa shape index (κ2) is 6.84. The van der Waals surface area contributed by atoms with Gasteiger partial charge in [-0.25, -0.2) is 19.0 Å². The van der Waals surface area contributed by atoms with Crippen LogP contribution in [0.1, 0.15) is 5.56 Å². The fourth-order valence-corrected chi connectivity index (χ4v) is 2.35. The Morgan fingerprint density at radius 2 is 2.22 bits per heavy atom. The van der Waals surface area contributed by atoms with Gasteiger partial charge < -0.3 is 10.1 Å². The van der Waals surface area contributed by atoms with Crippen LogP contribution in [0, 0.1) is 5.82 Å². The molecular formula is C14H14ClFN6O. The minimum Gasteiger partial charge on any atom is -0.383 e. The third kappa shape index (κ3) is 3.22. The van der Waals surface area contributed by atoms with Crippen molar-refractivity contribution >= 4 is 28.6 Å². The molecule has 0 atom stereocenters. The molecule has 9 heteroatoms. The first-order chi connectivity index (χ1) is 11.2. The predicted molar refractivity (Wildman–Crippen MR) is 84.0 cm³/mol. The Balaban J connectivity index is 1.92. The van der Waals surface area contributed by atoms with Crippen molar-refractivity contribution in [2.24, 2.45) is 0 Å². The van der Waals surface area contributed by atoms with E-state index in [1.165, 1.54) is 17.1 Å². The highest BCUT2D eigenvalue weighted by molar-refractivity contribution is 6.31. The average Bonchev–Trinajstić information content (AvgIpc) is 2.95. The second-order valence-electron chi connectivity index (χ2n) is 4.76. The van der Waals surface area contributed by atoms with E-state index < -0.39 is 5.82 Å². The van der Waals surface area contributed by atoms with Crippen molar-refractivity contribution in [2.75, 3.05) is 25.6 Å². The summed E-state index contributed by atoms with van der Waals surface area (Å²) in [5.41, 5.74) is 1.35. The van der Waals surface area contributed by atoms with E-state index in [1.54, 1.807) is 19.2 Å². The Bertz CT molecular complexity index is 804. The van der Waals surface area contributed by atoms with Crippen LogP contribution in [-0.2, 0) is 11.3 Å². The Hall–Kier alpha value is -2.32. The molecule has 0 bridgehead atoms. The third-order valence-electron chi connectivity index (χ3n) is 3.27. The molecular weight excluding hydrogens is 323 g/mol. The van der Waals surface area contributed by atoms with E-state index in [2.05, 4.69) is 25.6 Å². The number of ether oxygens (including phenoxy) is 1. The smallest absolute Gasteiger partial charge is 0.184 e. The number of nitrogens with one attached hydrogen (secondary N) is 1. The molecule has 1 N–H and O–H groups in total. The lowest BCUT2D eigenvalue weighted by atomic mass is 10.2. The molecule has 0 unspecified atom stereocenters. The van der Waals surface area contributed by atoms with Gasteiger partial charge in [-0.15, -0.1) is 5.10 Å². The number of halogens is 2. The topological polar surface area (TPSA) is 77.8 Å². The van der Waals surface area contributed by atoms with E-state index in [4.69, 9.17) is 16.3 Å². The first kappa shape index (κ1) is 15.6. The summed E-state index contributed by atoms with van der Waals surface area (Å²) in [5, 5.41) is 11.5. The summed E-state index contributed by atoms with van der Waals surface area (Å²) in [6.45, 7) is 1.25. The third-order valence-corrected chi connectivity index (χ3v) is 3.62. The zero-order valence-corrected chi connectivity index (χ0v) is 13.1. The van der Waals surface area contributed by atoms with Gasteiger partial charge in [-0.05, 0) is 12.1 Å². The quantitative estimate of drug-likeness (QED) is 0.695. The number of nitrogens with zero attached hydrogens (tertiary/aromatic N) is 5. The van der Waals surface area contributed by atoms with Crippen LogP contribution in [0.4, 0.5) is 10.2 Å². The lowest BCUT2D eigenvalue weighted by Gasteiger charge is -2.07. The van der Waals surface area contributed by atoms with Crippen molar-refractivity contribution in [3.05, 3.63) is 40.9 Å². The van der Waals surface area contributed by atoms with Gasteiger partial charge >= 0.3 is 0 Å². The number of methoxy groups -OCH3 is 1. The summed E-state index contributed by atoms with van der Waals surface area (Å²) >= 11 is 6.05. The van der Waals surface area contributed by atoms with E-state index in [9.17, 15) is 4.39 Å². The molecule has 3 rings (SSSR count). The summed E-state index contributed by atoms with van der Waals surface area (Å²) in [5.74, 6) is 0.159. The van der Waals surface area contributed by atoms with Crippen LogP contribution in [0.5, 0.6) is 0 Å². The fourth-order valence-electron chi connectivity index (χ4n) is 2.13. The van der Waals surface area contributed by atoms with Gasteiger partial charge in [0.25, 0.3) is 0 Å². The average molecular weight is 337 g/mol. The van der Waals surface area contributed by atoms with Gasteiger partial charge in [-0.1, -0.05) is 22.9 Å². The summed E-state index contributed by atoms with van der Waals surface area (Å²) < 4.78 is 20.4. The number of hydrogen-bond acceptors (Lipinski definition) is 6. The lowest BCUT2D eigenvalue weighted by molar-refractivity contribution is 0.210. The number of aromatic nitrogens is 5. The highest BCUT2D eigenvalue weighted by atomic mass is 35.5. The van der Waals surface area contributed by atoms with Gasteiger partial charge in [0, 0.05) is 24.2 Å². The zero-order chi connectivity index (χ0) is 16.2. The summed E-state index contributed by atoms with van der Waals surface area (Å²) in [6, 6.07) is 4.54. The van der Waals surface area contributed by atoms with Crippen LogP contribution in [-0.4, -0.2) is 45.2 Å². The predicted octanol–water partition coefficient (Wildman–Crippen LogP) is 2.12. The van der Waals surface area contributed by atoms with E-state index in [1.807, 2.05) is 0 Å². The molecule has 0 amide bonds. The van der Waals surface area contributed by atoms with Crippen LogP contribution < -0.4 is 5.32 Å². The zero-order valence-electron chi connectivity index (χ0n) is 12.3. The normalized spacial score (nSPS) is 11.1. The van der Waals surface area contributed by atoms with E-state index in [-0.39, 0.29) is 6.54 Å². The number of anilines is 1. The summed E-state index contributed by atoms with van der Waals surface area (Å²) in [4.78, 5) is 8.32. The molecule has 0 aliphatic carbocycles. The molecule has 0 radical (unpaired) electrons. The highest BCUT2D eigenvalue weighted by Gasteiger charge is 2.14. The summed E-state index contributed by atoms with van der Waals surface area (Å²) in [6.07, 6.45) is 1.40. The van der Waals surface area contributed by atoms with Crippen LogP contribution in [0.25, 0.3) is 11.2 Å². The SMILES string of the molecule is COCCNc1ncnc2c1nnn2Cc1c(F)cccc1Cl. The maximum atomic E-state index is 13.9. The van der Waals surface area contributed by atoms with Crippen LogP contribution in [0.2, 0.25) is 5.02 Å². The van der Waals surface area contributed by atoms with Crippen LogP contribution in [0.15, 0.2) is 24.5 Å². The molecule has 1 aromatic carbocycles. The van der Waals surface area contributed by atoms with Crippen molar-refractivity contribution < 1.29 is 9.13 Å². The van der Waals surface area contributed by atoms with E-state index >= 15 is 0 Å². The molecule has 0 aliphatic rings. The first-order valence-electron chi connectivity index (χ1n) is 6.90. The van der Waals surface area contributed by atoms with Gasteiger partial charge in [-0.3, -0.25) is 0 Å². The van der Waals surface area contributed by atoms with E-state index in [0.29, 0.717) is 40.7 Å². The minimum absolute atomic E-state index is 0.135. The molecule has 0 fully saturated rings. The maximum absolute atomic E-state index is 13.9. The molecule has 2 heterocycles. The molecule has 3 aromatic rings. The minimum atomic E-state index is -0.395. The number of fused-ring (bicyclic) bond motifs is 1. The van der Waals surface area contributed by atoms with Crippen LogP contribution >= 0.6 is 11.6 Å². The monoisotopic (exact) mass is 336 g/mol. The molecule has 0 saturated carbocycles.